The molecule has 1 aliphatic rings. The Kier molecular flexibility index (Phi) is 6.20. The van der Waals surface area contributed by atoms with E-state index in [1.807, 2.05) is 30.3 Å². The first-order chi connectivity index (χ1) is 12.3. The monoisotopic (exact) mass is 337 g/mol. The van der Waals surface area contributed by atoms with E-state index in [0.717, 1.165) is 42.6 Å². The van der Waals surface area contributed by atoms with Crippen LogP contribution in [0, 0.1) is 0 Å². The summed E-state index contributed by atoms with van der Waals surface area (Å²) in [5.74, 6) is 0.209. The summed E-state index contributed by atoms with van der Waals surface area (Å²) in [4.78, 5) is 15.1. The minimum absolute atomic E-state index is 0.209. The maximum Gasteiger partial charge on any atom is 0.227 e. The van der Waals surface area contributed by atoms with Gasteiger partial charge in [-0.25, -0.2) is 0 Å². The van der Waals surface area contributed by atoms with Gasteiger partial charge in [0, 0.05) is 19.1 Å². The van der Waals surface area contributed by atoms with E-state index in [4.69, 9.17) is 5.73 Å². The number of nitrogens with zero attached hydrogens (tertiary/aromatic N) is 1. The fourth-order valence-electron chi connectivity index (χ4n) is 3.39. The zero-order valence-electron chi connectivity index (χ0n) is 14.7. The molecular weight excluding hydrogens is 310 g/mol. The zero-order chi connectivity index (χ0) is 17.5. The molecular formula is C21H27N3O. The lowest BCUT2D eigenvalue weighted by molar-refractivity contribution is -0.134. The van der Waals surface area contributed by atoms with Gasteiger partial charge >= 0.3 is 0 Å². The van der Waals surface area contributed by atoms with Crippen LogP contribution in [0.15, 0.2) is 54.6 Å². The highest BCUT2D eigenvalue weighted by Gasteiger charge is 2.25. The average molecular weight is 337 g/mol. The van der Waals surface area contributed by atoms with E-state index in [1.54, 1.807) is 0 Å². The highest BCUT2D eigenvalue weighted by atomic mass is 16.2. The van der Waals surface area contributed by atoms with Gasteiger partial charge in [-0.3, -0.25) is 4.79 Å². The third-order valence-corrected chi connectivity index (χ3v) is 4.88. The molecule has 0 radical (unpaired) electrons. The van der Waals surface area contributed by atoms with Crippen molar-refractivity contribution in [3.8, 4) is 0 Å². The molecule has 1 fully saturated rings. The molecule has 25 heavy (non-hydrogen) atoms. The number of nitrogens with two attached hydrogens (primary N) is 1. The molecule has 2 aromatic rings. The van der Waals surface area contributed by atoms with Gasteiger partial charge in [-0.2, -0.15) is 0 Å². The van der Waals surface area contributed by atoms with Crippen LogP contribution in [-0.2, 0) is 24.3 Å². The molecule has 0 spiro atoms. The molecule has 2 aromatic carbocycles. The van der Waals surface area contributed by atoms with Crippen molar-refractivity contribution in [3.63, 3.8) is 0 Å². The van der Waals surface area contributed by atoms with E-state index in [9.17, 15) is 4.79 Å². The molecule has 0 aromatic heterocycles. The Morgan fingerprint density at radius 1 is 0.960 bits per heavy atom. The fraction of sp³-hybridized carbons (Fsp3) is 0.381. The second-order valence-electron chi connectivity index (χ2n) is 6.69. The van der Waals surface area contributed by atoms with Crippen LogP contribution in [0.1, 0.15) is 29.5 Å². The molecule has 3 rings (SSSR count). The minimum atomic E-state index is 0.209. The van der Waals surface area contributed by atoms with E-state index in [1.165, 1.54) is 0 Å². The van der Waals surface area contributed by atoms with Crippen molar-refractivity contribution in [2.75, 3.05) is 13.1 Å². The standard InChI is InChI=1S/C21H27N3O/c22-15-18-6-8-19(9-7-18)16-24(20-10-12-23-13-11-20)21(25)14-17-4-2-1-3-5-17/h1-9,20,23H,10-16,22H2. The summed E-state index contributed by atoms with van der Waals surface area (Å²) >= 11 is 0. The number of piperidine rings is 1. The number of carbonyl (C=O) groups is 1. The highest BCUT2D eigenvalue weighted by molar-refractivity contribution is 5.79. The second kappa shape index (κ2) is 8.79. The Morgan fingerprint density at radius 3 is 2.24 bits per heavy atom. The third-order valence-electron chi connectivity index (χ3n) is 4.88. The van der Waals surface area contributed by atoms with Crippen molar-refractivity contribution in [2.24, 2.45) is 5.73 Å². The van der Waals surface area contributed by atoms with Gasteiger partial charge in [-0.05, 0) is 42.6 Å². The Hall–Kier alpha value is -2.17. The molecule has 3 N–H and O–H groups in total. The van der Waals surface area contributed by atoms with Crippen LogP contribution in [0.3, 0.4) is 0 Å². The lowest BCUT2D eigenvalue weighted by Crippen LogP contribution is -2.46. The Bertz CT molecular complexity index is 663. The van der Waals surface area contributed by atoms with Crippen molar-refractivity contribution in [2.45, 2.75) is 38.4 Å². The Labute approximate surface area is 150 Å². The summed E-state index contributed by atoms with van der Waals surface area (Å²) in [6.07, 6.45) is 2.49. The molecule has 1 saturated heterocycles. The summed E-state index contributed by atoms with van der Waals surface area (Å²) in [5, 5.41) is 3.39. The van der Waals surface area contributed by atoms with Crippen LogP contribution in [0.2, 0.25) is 0 Å². The largest absolute Gasteiger partial charge is 0.335 e. The Balaban J connectivity index is 1.74. The first-order valence-electron chi connectivity index (χ1n) is 9.08. The van der Waals surface area contributed by atoms with Crippen LogP contribution < -0.4 is 11.1 Å². The molecule has 1 aliphatic heterocycles. The fourth-order valence-corrected chi connectivity index (χ4v) is 3.39. The predicted molar refractivity (Wildman–Crippen MR) is 101 cm³/mol. The van der Waals surface area contributed by atoms with Gasteiger partial charge in [0.15, 0.2) is 0 Å². The van der Waals surface area contributed by atoms with E-state index >= 15 is 0 Å². The molecule has 0 aliphatic carbocycles. The van der Waals surface area contributed by atoms with E-state index < -0.39 is 0 Å². The van der Waals surface area contributed by atoms with Gasteiger partial charge in [-0.1, -0.05) is 54.6 Å². The molecule has 1 heterocycles. The van der Waals surface area contributed by atoms with Crippen molar-refractivity contribution in [1.82, 2.24) is 10.2 Å². The third kappa shape index (κ3) is 4.91. The van der Waals surface area contributed by atoms with E-state index in [0.29, 0.717) is 25.6 Å². The first kappa shape index (κ1) is 17.6. The Morgan fingerprint density at radius 2 is 1.60 bits per heavy atom. The van der Waals surface area contributed by atoms with Gasteiger partial charge in [0.25, 0.3) is 0 Å². The molecule has 4 nitrogen and oxygen atoms in total. The molecule has 0 bridgehead atoms. The van der Waals surface area contributed by atoms with Gasteiger partial charge < -0.3 is 16.0 Å². The molecule has 0 atom stereocenters. The molecule has 4 heteroatoms. The van der Waals surface area contributed by atoms with Gasteiger partial charge in [-0.15, -0.1) is 0 Å². The molecule has 0 saturated carbocycles. The topological polar surface area (TPSA) is 58.4 Å². The molecule has 132 valence electrons. The van der Waals surface area contributed by atoms with Gasteiger partial charge in [0.05, 0.1) is 6.42 Å². The van der Waals surface area contributed by atoms with Crippen molar-refractivity contribution < 1.29 is 4.79 Å². The smallest absolute Gasteiger partial charge is 0.227 e. The number of benzene rings is 2. The second-order valence-corrected chi connectivity index (χ2v) is 6.69. The summed E-state index contributed by atoms with van der Waals surface area (Å²) in [7, 11) is 0. The quantitative estimate of drug-likeness (QED) is 0.851. The van der Waals surface area contributed by atoms with Crippen molar-refractivity contribution in [3.05, 3.63) is 71.3 Å². The first-order valence-corrected chi connectivity index (χ1v) is 9.08. The van der Waals surface area contributed by atoms with Crippen molar-refractivity contribution in [1.29, 1.82) is 0 Å². The zero-order valence-corrected chi connectivity index (χ0v) is 14.7. The number of nitrogens with one attached hydrogen (secondary N) is 1. The van der Waals surface area contributed by atoms with Crippen molar-refractivity contribution >= 4 is 5.91 Å². The normalized spacial score (nSPS) is 15.1. The number of rotatable bonds is 6. The maximum atomic E-state index is 13.0. The average Bonchev–Trinajstić information content (AvgIpc) is 2.68. The summed E-state index contributed by atoms with van der Waals surface area (Å²) in [6.45, 7) is 3.17. The molecule has 0 unspecified atom stereocenters. The summed E-state index contributed by atoms with van der Waals surface area (Å²) < 4.78 is 0. The van der Waals surface area contributed by atoms with Gasteiger partial charge in [0.1, 0.15) is 0 Å². The molecule has 1 amide bonds. The summed E-state index contributed by atoms with van der Waals surface area (Å²) in [5.41, 5.74) is 9.04. The SMILES string of the molecule is NCc1ccc(CN(C(=O)Cc2ccccc2)C2CCNCC2)cc1. The van der Waals surface area contributed by atoms with Crippen LogP contribution >= 0.6 is 0 Å². The van der Waals surface area contributed by atoms with Crippen LogP contribution in [-0.4, -0.2) is 29.9 Å². The minimum Gasteiger partial charge on any atom is -0.335 e. The van der Waals surface area contributed by atoms with Crippen LogP contribution in [0.4, 0.5) is 0 Å². The predicted octanol–water partition coefficient (Wildman–Crippen LogP) is 2.47. The summed E-state index contributed by atoms with van der Waals surface area (Å²) in [6, 6.07) is 18.6. The number of amides is 1. The van der Waals surface area contributed by atoms with E-state index in [2.05, 4.69) is 34.5 Å². The number of hydrogen-bond donors (Lipinski definition) is 2. The number of hydrogen-bond acceptors (Lipinski definition) is 3. The van der Waals surface area contributed by atoms with E-state index in [-0.39, 0.29) is 5.91 Å². The highest BCUT2D eigenvalue weighted by Crippen LogP contribution is 2.18. The van der Waals surface area contributed by atoms with Crippen LogP contribution in [0.5, 0.6) is 0 Å². The van der Waals surface area contributed by atoms with Gasteiger partial charge in [0.2, 0.25) is 5.91 Å². The lowest BCUT2D eigenvalue weighted by Gasteiger charge is -2.35. The van der Waals surface area contributed by atoms with Crippen LogP contribution in [0.25, 0.3) is 0 Å². The number of carbonyl (C=O) groups excluding carboxylic acids is 1. The maximum absolute atomic E-state index is 13.0. The lowest BCUT2D eigenvalue weighted by atomic mass is 10.0.